The van der Waals surface area contributed by atoms with E-state index in [0.29, 0.717) is 6.07 Å². The van der Waals surface area contributed by atoms with Gasteiger partial charge in [0.15, 0.2) is 11.5 Å². The lowest BCUT2D eigenvalue weighted by molar-refractivity contribution is -0.141. The van der Waals surface area contributed by atoms with Gasteiger partial charge < -0.3 is 4.98 Å². The first kappa shape index (κ1) is 14.8. The Balaban J connectivity index is 2.59. The van der Waals surface area contributed by atoms with Crippen LogP contribution in [0.4, 0.5) is 26.3 Å². The lowest BCUT2D eigenvalue weighted by Crippen LogP contribution is -2.10. The van der Waals surface area contributed by atoms with Crippen LogP contribution in [0.2, 0.25) is 0 Å². The van der Waals surface area contributed by atoms with Crippen LogP contribution in [0.15, 0.2) is 16.9 Å². The summed E-state index contributed by atoms with van der Waals surface area (Å²) in [4.78, 5) is 5.12. The number of imidazole rings is 1. The van der Waals surface area contributed by atoms with Gasteiger partial charge in [-0.25, -0.2) is 4.98 Å². The van der Waals surface area contributed by atoms with Crippen molar-refractivity contribution in [1.82, 2.24) is 20.2 Å². The fourth-order valence-corrected chi connectivity index (χ4v) is 1.89. The van der Waals surface area contributed by atoms with Crippen molar-refractivity contribution in [3.05, 3.63) is 28.1 Å². The van der Waals surface area contributed by atoms with Crippen molar-refractivity contribution in [1.29, 1.82) is 0 Å². The zero-order valence-electron chi connectivity index (χ0n) is 9.14. The van der Waals surface area contributed by atoms with Crippen molar-refractivity contribution in [2.75, 3.05) is 0 Å². The Bertz CT molecular complexity index is 632. The van der Waals surface area contributed by atoms with Gasteiger partial charge in [-0.3, -0.25) is 0 Å². The Morgan fingerprint density at radius 2 is 1.70 bits per heavy atom. The Kier molecular flexibility index (Phi) is 3.48. The van der Waals surface area contributed by atoms with Gasteiger partial charge in [-0.1, -0.05) is 0 Å². The lowest BCUT2D eigenvalue weighted by atomic mass is 10.2. The van der Waals surface area contributed by atoms with E-state index >= 15 is 0 Å². The van der Waals surface area contributed by atoms with E-state index < -0.39 is 39.7 Å². The molecule has 2 aromatic rings. The molecule has 0 aliphatic heterocycles. The number of H-pyrrole nitrogens is 1. The minimum Gasteiger partial charge on any atom is -0.332 e. The average molecular weight is 361 g/mol. The molecule has 11 heteroatoms. The number of nitrogens with one attached hydrogen (secondary N) is 1. The van der Waals surface area contributed by atoms with Crippen LogP contribution in [0.25, 0.3) is 11.5 Å². The van der Waals surface area contributed by atoms with Crippen LogP contribution in [0, 0.1) is 0 Å². The van der Waals surface area contributed by atoms with E-state index in [1.54, 1.807) is 4.98 Å². The molecule has 0 fully saturated rings. The minimum atomic E-state index is -4.79. The average Bonchev–Trinajstić information content (AvgIpc) is 2.70. The van der Waals surface area contributed by atoms with Gasteiger partial charge in [0.25, 0.3) is 0 Å². The quantitative estimate of drug-likeness (QED) is 0.789. The van der Waals surface area contributed by atoms with E-state index in [-0.39, 0.29) is 0 Å². The number of aromatic nitrogens is 4. The minimum absolute atomic E-state index is 0.603. The van der Waals surface area contributed by atoms with Gasteiger partial charge >= 0.3 is 12.4 Å². The molecular formula is C9H3BrF6N4. The smallest absolute Gasteiger partial charge is 0.332 e. The van der Waals surface area contributed by atoms with Crippen LogP contribution in [-0.2, 0) is 12.4 Å². The normalized spacial score (nSPS) is 12.8. The highest BCUT2D eigenvalue weighted by Gasteiger charge is 2.39. The molecule has 0 saturated carbocycles. The van der Waals surface area contributed by atoms with Crippen molar-refractivity contribution in [3.8, 4) is 11.5 Å². The van der Waals surface area contributed by atoms with Gasteiger partial charge in [-0.2, -0.15) is 31.4 Å². The topological polar surface area (TPSA) is 54.5 Å². The van der Waals surface area contributed by atoms with Crippen LogP contribution in [0.3, 0.4) is 0 Å². The van der Waals surface area contributed by atoms with Crippen LogP contribution in [0.5, 0.6) is 0 Å². The SMILES string of the molecule is FC(F)(F)c1ccnnc1-c1nc(Br)c(C(F)(F)F)[nH]1. The summed E-state index contributed by atoms with van der Waals surface area (Å²) < 4.78 is 75.2. The number of rotatable bonds is 1. The molecule has 0 bridgehead atoms. The summed E-state index contributed by atoms with van der Waals surface area (Å²) in [6.45, 7) is 0. The predicted molar refractivity (Wildman–Crippen MR) is 57.3 cm³/mol. The highest BCUT2D eigenvalue weighted by atomic mass is 79.9. The number of aromatic amines is 1. The van der Waals surface area contributed by atoms with E-state index in [9.17, 15) is 26.3 Å². The Morgan fingerprint density at radius 3 is 2.20 bits per heavy atom. The highest BCUT2D eigenvalue weighted by Crippen LogP contribution is 2.38. The van der Waals surface area contributed by atoms with Crippen LogP contribution >= 0.6 is 15.9 Å². The molecule has 0 amide bonds. The van der Waals surface area contributed by atoms with Gasteiger partial charge in [-0.15, -0.1) is 5.10 Å². The van der Waals surface area contributed by atoms with Crippen LogP contribution < -0.4 is 0 Å². The predicted octanol–water partition coefficient (Wildman–Crippen LogP) is 3.67. The van der Waals surface area contributed by atoms with Gasteiger partial charge in [0.2, 0.25) is 0 Å². The summed E-state index contributed by atoms with van der Waals surface area (Å²) in [5.74, 6) is -0.676. The number of alkyl halides is 6. The molecule has 0 aromatic carbocycles. The first-order valence-electron chi connectivity index (χ1n) is 4.82. The second kappa shape index (κ2) is 4.72. The molecule has 20 heavy (non-hydrogen) atoms. The van der Waals surface area contributed by atoms with E-state index in [4.69, 9.17) is 0 Å². The monoisotopic (exact) mass is 360 g/mol. The summed E-state index contributed by atoms with van der Waals surface area (Å²) in [7, 11) is 0. The summed E-state index contributed by atoms with van der Waals surface area (Å²) in [6.07, 6.45) is -8.79. The maximum absolute atomic E-state index is 12.7. The first-order chi connectivity index (χ1) is 9.10. The highest BCUT2D eigenvalue weighted by molar-refractivity contribution is 9.10. The number of hydrogen-bond acceptors (Lipinski definition) is 3. The number of halogens is 7. The van der Waals surface area contributed by atoms with E-state index in [2.05, 4.69) is 31.1 Å². The molecule has 0 atom stereocenters. The third kappa shape index (κ3) is 2.76. The zero-order chi connectivity index (χ0) is 15.1. The largest absolute Gasteiger partial charge is 0.433 e. The van der Waals surface area contributed by atoms with Crippen LogP contribution in [0.1, 0.15) is 11.3 Å². The van der Waals surface area contributed by atoms with Crippen molar-refractivity contribution < 1.29 is 26.3 Å². The fraction of sp³-hybridized carbons (Fsp3) is 0.222. The zero-order valence-corrected chi connectivity index (χ0v) is 10.7. The third-order valence-electron chi connectivity index (χ3n) is 2.19. The standard InChI is InChI=1S/C9H3BrF6N4/c10-6-5(9(14,15)16)18-7(19-6)4-3(8(11,12)13)1-2-17-20-4/h1-2H,(H,18,19). The van der Waals surface area contributed by atoms with E-state index in [1.165, 1.54) is 0 Å². The van der Waals surface area contributed by atoms with E-state index in [1.807, 2.05) is 0 Å². The summed E-state index contributed by atoms with van der Waals surface area (Å²) in [5.41, 5.74) is -3.34. The van der Waals surface area contributed by atoms with Crippen molar-refractivity contribution in [2.45, 2.75) is 12.4 Å². The molecule has 108 valence electrons. The van der Waals surface area contributed by atoms with E-state index in [0.717, 1.165) is 6.20 Å². The lowest BCUT2D eigenvalue weighted by Gasteiger charge is -2.08. The summed E-state index contributed by atoms with van der Waals surface area (Å²) >= 11 is 2.53. The second-order valence-electron chi connectivity index (χ2n) is 3.54. The first-order valence-corrected chi connectivity index (χ1v) is 5.62. The van der Waals surface area contributed by atoms with Gasteiger partial charge in [0.05, 0.1) is 11.8 Å². The molecule has 2 rings (SSSR count). The Hall–Kier alpha value is -1.65. The molecule has 0 aliphatic carbocycles. The summed E-state index contributed by atoms with van der Waals surface area (Å²) in [5, 5.41) is 6.43. The molecule has 0 aliphatic rings. The van der Waals surface area contributed by atoms with Gasteiger partial charge in [0, 0.05) is 0 Å². The van der Waals surface area contributed by atoms with Gasteiger partial charge in [-0.05, 0) is 22.0 Å². The fourth-order valence-electron chi connectivity index (χ4n) is 1.39. The third-order valence-corrected chi connectivity index (χ3v) is 2.77. The molecule has 0 unspecified atom stereocenters. The second-order valence-corrected chi connectivity index (χ2v) is 4.29. The molecule has 1 N–H and O–H groups in total. The van der Waals surface area contributed by atoms with Crippen molar-refractivity contribution in [3.63, 3.8) is 0 Å². The maximum Gasteiger partial charge on any atom is 0.433 e. The Labute approximate surface area is 115 Å². The number of nitrogens with zero attached hydrogens (tertiary/aromatic N) is 3. The maximum atomic E-state index is 12.7. The number of hydrogen-bond donors (Lipinski definition) is 1. The molecule has 4 nitrogen and oxygen atoms in total. The summed E-state index contributed by atoms with van der Waals surface area (Å²) in [6, 6.07) is 0.603. The molecule has 0 saturated heterocycles. The van der Waals surface area contributed by atoms with Crippen LogP contribution in [-0.4, -0.2) is 20.2 Å². The van der Waals surface area contributed by atoms with Gasteiger partial charge in [0.1, 0.15) is 10.3 Å². The molecule has 2 aromatic heterocycles. The van der Waals surface area contributed by atoms with Crippen molar-refractivity contribution >= 4 is 15.9 Å². The molecule has 2 heterocycles. The molecular weight excluding hydrogens is 358 g/mol. The van der Waals surface area contributed by atoms with Crippen molar-refractivity contribution in [2.24, 2.45) is 0 Å². The molecule has 0 radical (unpaired) electrons. The molecule has 0 spiro atoms. The Morgan fingerprint density at radius 1 is 1.05 bits per heavy atom.